The van der Waals surface area contributed by atoms with Crippen molar-refractivity contribution in [3.8, 4) is 0 Å². The van der Waals surface area contributed by atoms with Gasteiger partial charge in [-0.1, -0.05) is 44.2 Å². The van der Waals surface area contributed by atoms with Crippen LogP contribution in [0.4, 0.5) is 0 Å². The van der Waals surface area contributed by atoms with Crippen molar-refractivity contribution in [2.45, 2.75) is 32.2 Å². The molecule has 17 heavy (non-hydrogen) atoms. The summed E-state index contributed by atoms with van der Waals surface area (Å²) in [5.74, 6) is 0.781. The van der Waals surface area contributed by atoms with E-state index in [-0.39, 0.29) is 5.91 Å². The fourth-order valence-corrected chi connectivity index (χ4v) is 2.49. The summed E-state index contributed by atoms with van der Waals surface area (Å²) in [5.41, 5.74) is 0.567. The van der Waals surface area contributed by atoms with Crippen LogP contribution in [-0.4, -0.2) is 29.2 Å². The molecule has 0 fully saturated rings. The fourth-order valence-electron chi connectivity index (χ4n) is 2.49. The minimum Gasteiger partial charge on any atom is -0.344 e. The maximum atomic E-state index is 12.1. The maximum absolute atomic E-state index is 12.1. The van der Waals surface area contributed by atoms with Gasteiger partial charge in [0.1, 0.15) is 11.4 Å². The molecule has 1 amide bonds. The highest BCUT2D eigenvalue weighted by Gasteiger charge is 2.45. The smallest absolute Gasteiger partial charge is 0.273 e. The molecule has 1 aliphatic rings. The molecule has 1 aromatic rings. The van der Waals surface area contributed by atoms with Crippen LogP contribution in [0.25, 0.3) is 0 Å². The van der Waals surface area contributed by atoms with Gasteiger partial charge in [0.2, 0.25) is 0 Å². The molecule has 0 N–H and O–H groups in total. The van der Waals surface area contributed by atoms with Gasteiger partial charge in [0.25, 0.3) is 5.91 Å². The van der Waals surface area contributed by atoms with Crippen LogP contribution in [0.3, 0.4) is 0 Å². The van der Waals surface area contributed by atoms with E-state index in [1.807, 2.05) is 56.1 Å². The Bertz CT molecular complexity index is 447. The molecule has 0 saturated carbocycles. The molecule has 90 valence electrons. The first kappa shape index (κ1) is 11.8. The van der Waals surface area contributed by atoms with Crippen molar-refractivity contribution in [1.29, 1.82) is 0 Å². The predicted molar refractivity (Wildman–Crippen MR) is 69.1 cm³/mol. The molecule has 1 heterocycles. The molecular weight excluding hydrogens is 212 g/mol. The third-order valence-electron chi connectivity index (χ3n) is 3.77. The maximum Gasteiger partial charge on any atom is 0.273 e. The Hall–Kier alpha value is -1.64. The number of amides is 1. The molecule has 0 bridgehead atoms. The highest BCUT2D eigenvalue weighted by atomic mass is 16.2. The zero-order chi connectivity index (χ0) is 12.5. The van der Waals surface area contributed by atoms with Crippen LogP contribution in [0.5, 0.6) is 0 Å². The van der Waals surface area contributed by atoms with E-state index in [0.29, 0.717) is 0 Å². The summed E-state index contributed by atoms with van der Waals surface area (Å²) in [5, 5.41) is 0. The summed E-state index contributed by atoms with van der Waals surface area (Å²) in [6.07, 6.45) is 1.58. The molecule has 0 aliphatic carbocycles. The molecule has 0 saturated heterocycles. The van der Waals surface area contributed by atoms with Gasteiger partial charge in [0.15, 0.2) is 0 Å². The van der Waals surface area contributed by atoms with Crippen molar-refractivity contribution in [2.75, 3.05) is 7.05 Å². The van der Waals surface area contributed by atoms with E-state index in [0.717, 1.165) is 24.2 Å². The summed E-state index contributed by atoms with van der Waals surface area (Å²) < 4.78 is 0. The second kappa shape index (κ2) is 4.32. The zero-order valence-corrected chi connectivity index (χ0v) is 10.6. The largest absolute Gasteiger partial charge is 0.344 e. The Balaban J connectivity index is 2.41. The van der Waals surface area contributed by atoms with Crippen molar-refractivity contribution in [2.24, 2.45) is 4.99 Å². The first-order valence-corrected chi connectivity index (χ1v) is 6.08. The van der Waals surface area contributed by atoms with Gasteiger partial charge in [-0.3, -0.25) is 4.79 Å². The topological polar surface area (TPSA) is 32.7 Å². The quantitative estimate of drug-likeness (QED) is 0.799. The minimum atomic E-state index is -0.439. The predicted octanol–water partition coefficient (Wildman–Crippen LogP) is 2.46. The number of nitrogens with zero attached hydrogens (tertiary/aromatic N) is 2. The highest BCUT2D eigenvalue weighted by Crippen LogP contribution is 2.31. The van der Waals surface area contributed by atoms with E-state index in [1.54, 1.807) is 0 Å². The average molecular weight is 230 g/mol. The molecule has 1 aromatic carbocycles. The van der Waals surface area contributed by atoms with E-state index in [9.17, 15) is 4.79 Å². The number of hydrogen-bond acceptors (Lipinski definition) is 2. The van der Waals surface area contributed by atoms with Crippen LogP contribution in [0.1, 0.15) is 32.3 Å². The van der Waals surface area contributed by atoms with Crippen LogP contribution in [0.15, 0.2) is 35.3 Å². The summed E-state index contributed by atoms with van der Waals surface area (Å²) in [6, 6.07) is 9.88. The van der Waals surface area contributed by atoms with E-state index in [1.165, 1.54) is 0 Å². The third-order valence-corrected chi connectivity index (χ3v) is 3.77. The molecule has 0 atom stereocenters. The lowest BCUT2D eigenvalue weighted by Gasteiger charge is -2.34. The van der Waals surface area contributed by atoms with Gasteiger partial charge >= 0.3 is 0 Å². The Morgan fingerprint density at radius 3 is 2.24 bits per heavy atom. The van der Waals surface area contributed by atoms with E-state index in [4.69, 9.17) is 0 Å². The van der Waals surface area contributed by atoms with E-state index in [2.05, 4.69) is 4.99 Å². The average Bonchev–Trinajstić information content (AvgIpc) is 2.63. The number of benzene rings is 1. The second-order valence-corrected chi connectivity index (χ2v) is 4.40. The lowest BCUT2D eigenvalue weighted by molar-refractivity contribution is -0.125. The van der Waals surface area contributed by atoms with Crippen LogP contribution >= 0.6 is 0 Å². The first-order valence-electron chi connectivity index (χ1n) is 6.08. The molecule has 0 spiro atoms. The van der Waals surface area contributed by atoms with Crippen molar-refractivity contribution in [3.63, 3.8) is 0 Å². The molecule has 3 nitrogen and oxygen atoms in total. The molecule has 1 aliphatic heterocycles. The van der Waals surface area contributed by atoms with E-state index >= 15 is 0 Å². The Morgan fingerprint density at radius 2 is 1.76 bits per heavy atom. The van der Waals surface area contributed by atoms with Gasteiger partial charge in [-0.05, 0) is 12.8 Å². The number of amidine groups is 1. The highest BCUT2D eigenvalue weighted by molar-refractivity contribution is 6.13. The third kappa shape index (κ3) is 1.66. The monoisotopic (exact) mass is 230 g/mol. The number of aliphatic imine (C=N–C) groups is 1. The molecule has 0 aromatic heterocycles. The fraction of sp³-hybridized carbons (Fsp3) is 0.429. The number of rotatable bonds is 3. The van der Waals surface area contributed by atoms with Gasteiger partial charge in [0, 0.05) is 12.6 Å². The van der Waals surface area contributed by atoms with Crippen LogP contribution < -0.4 is 0 Å². The Morgan fingerprint density at radius 1 is 1.18 bits per heavy atom. The first-order chi connectivity index (χ1) is 8.15. The number of carbonyl (C=O) groups excluding carboxylic acids is 1. The SMILES string of the molecule is CCC1(CC)C(=O)N=C(c2ccccc2)N1C. The normalized spacial score (nSPS) is 18.4. The lowest BCUT2D eigenvalue weighted by Crippen LogP contribution is -2.48. The zero-order valence-electron chi connectivity index (χ0n) is 10.6. The van der Waals surface area contributed by atoms with Gasteiger partial charge in [-0.25, -0.2) is 0 Å². The van der Waals surface area contributed by atoms with Gasteiger partial charge in [-0.2, -0.15) is 4.99 Å². The Labute approximate surface area is 102 Å². The van der Waals surface area contributed by atoms with Crippen molar-refractivity contribution >= 4 is 11.7 Å². The molecule has 0 radical (unpaired) electrons. The van der Waals surface area contributed by atoms with Gasteiger partial charge < -0.3 is 4.90 Å². The van der Waals surface area contributed by atoms with E-state index < -0.39 is 5.54 Å². The van der Waals surface area contributed by atoms with Crippen LogP contribution in [-0.2, 0) is 4.79 Å². The van der Waals surface area contributed by atoms with Gasteiger partial charge in [0.05, 0.1) is 0 Å². The summed E-state index contributed by atoms with van der Waals surface area (Å²) >= 11 is 0. The van der Waals surface area contributed by atoms with Gasteiger partial charge in [-0.15, -0.1) is 0 Å². The number of hydrogen-bond donors (Lipinski definition) is 0. The van der Waals surface area contributed by atoms with Crippen LogP contribution in [0, 0.1) is 0 Å². The minimum absolute atomic E-state index is 0.0103. The lowest BCUT2D eigenvalue weighted by atomic mass is 9.91. The molecule has 2 rings (SSSR count). The number of likely N-dealkylation sites (N-methyl/N-ethyl adjacent to an activating group) is 1. The second-order valence-electron chi connectivity index (χ2n) is 4.40. The summed E-state index contributed by atoms with van der Waals surface area (Å²) in [7, 11) is 1.96. The Kier molecular flexibility index (Phi) is 3.01. The molecular formula is C14H18N2O. The standard InChI is InChI=1S/C14H18N2O/c1-4-14(5-2)13(17)15-12(16(14)3)11-9-7-6-8-10-11/h6-10H,4-5H2,1-3H3. The van der Waals surface area contributed by atoms with Crippen molar-refractivity contribution in [1.82, 2.24) is 4.90 Å². The number of carbonyl (C=O) groups is 1. The van der Waals surface area contributed by atoms with Crippen molar-refractivity contribution in [3.05, 3.63) is 35.9 Å². The molecule has 3 heteroatoms. The molecule has 0 unspecified atom stereocenters. The van der Waals surface area contributed by atoms with Crippen LogP contribution in [0.2, 0.25) is 0 Å². The summed E-state index contributed by atoms with van der Waals surface area (Å²) in [6.45, 7) is 4.09. The summed E-state index contributed by atoms with van der Waals surface area (Å²) in [4.78, 5) is 18.4. The van der Waals surface area contributed by atoms with Crippen molar-refractivity contribution < 1.29 is 4.79 Å².